The summed E-state index contributed by atoms with van der Waals surface area (Å²) in [6.07, 6.45) is 4.13. The van der Waals surface area contributed by atoms with Gasteiger partial charge in [0.05, 0.1) is 133 Å². The van der Waals surface area contributed by atoms with Crippen LogP contribution in [0.3, 0.4) is 0 Å². The molecule has 0 saturated carbocycles. The molecular formula is C84H76F8I5N15O23S. The van der Waals surface area contributed by atoms with Crippen molar-refractivity contribution in [3.63, 3.8) is 0 Å². The van der Waals surface area contributed by atoms with Crippen LogP contribution >= 0.6 is 124 Å². The van der Waals surface area contributed by atoms with E-state index in [1.54, 1.807) is 30.3 Å². The molecule has 0 fully saturated rings. The molecule has 52 heteroatoms. The fourth-order valence-corrected chi connectivity index (χ4v) is 16.4. The number of hydrogen-bond acceptors (Lipinski definition) is 29. The smallest absolute Gasteiger partial charge is 0.295 e. The van der Waals surface area contributed by atoms with E-state index in [1.807, 2.05) is 118 Å². The predicted octanol–water partition coefficient (Wildman–Crippen LogP) is 9.09. The van der Waals surface area contributed by atoms with E-state index in [2.05, 4.69) is 48.5 Å². The fourth-order valence-electron chi connectivity index (χ4n) is 13.2. The van der Waals surface area contributed by atoms with E-state index in [4.69, 9.17) is 54.1 Å². The van der Waals surface area contributed by atoms with E-state index >= 15 is 0 Å². The first-order chi connectivity index (χ1) is 65.1. The fraction of sp³-hybridized carbons (Fsp3) is 0.238. The van der Waals surface area contributed by atoms with Gasteiger partial charge < -0.3 is 80.4 Å². The van der Waals surface area contributed by atoms with Crippen LogP contribution in [0.4, 0.5) is 92.0 Å². The van der Waals surface area contributed by atoms with E-state index in [9.17, 15) is 93.3 Å². The minimum absolute atomic E-state index is 0.0710. The number of nitrogens with zero attached hydrogens (tertiary/aromatic N) is 5. The monoisotopic (exact) mass is 2480 g/mol. The van der Waals surface area contributed by atoms with Crippen molar-refractivity contribution in [2.24, 2.45) is 0 Å². The summed E-state index contributed by atoms with van der Waals surface area (Å²) >= 11 is 10.7. The zero-order valence-corrected chi connectivity index (χ0v) is 81.3. The van der Waals surface area contributed by atoms with Crippen molar-refractivity contribution in [2.45, 2.75) is 63.9 Å². The molecule has 0 unspecified atom stereocenters. The molecule has 10 heterocycles. The first-order valence-electron chi connectivity index (χ1n) is 39.8. The highest BCUT2D eigenvalue weighted by molar-refractivity contribution is 14.1. The third-order valence-corrected chi connectivity index (χ3v) is 23.6. The van der Waals surface area contributed by atoms with E-state index in [-0.39, 0.29) is 137 Å². The summed E-state index contributed by atoms with van der Waals surface area (Å²) in [4.78, 5) is 148. The molecule has 17 N–H and O–H groups in total. The third-order valence-electron chi connectivity index (χ3n) is 19.4. The molecule has 0 spiro atoms. The first-order valence-corrected chi connectivity index (χ1v) is 46.1. The van der Waals surface area contributed by atoms with Crippen LogP contribution in [-0.2, 0) is 63.1 Å². The van der Waals surface area contributed by atoms with Crippen LogP contribution in [0.1, 0.15) is 81.7 Å². The highest BCUT2D eigenvalue weighted by Gasteiger charge is 2.34. The van der Waals surface area contributed by atoms with Crippen molar-refractivity contribution in [3.05, 3.63) is 288 Å². The molecule has 3 aliphatic heterocycles. The van der Waals surface area contributed by atoms with Gasteiger partial charge >= 0.3 is 0 Å². The minimum atomic E-state index is -1.31. The van der Waals surface area contributed by atoms with E-state index in [1.165, 1.54) is 93.5 Å². The van der Waals surface area contributed by atoms with E-state index in [0.29, 0.717) is 86.7 Å². The van der Waals surface area contributed by atoms with Crippen LogP contribution in [0, 0.1) is 64.4 Å². The summed E-state index contributed by atoms with van der Waals surface area (Å²) in [5.41, 5.74) is 6.60. The number of halogens is 13. The van der Waals surface area contributed by atoms with E-state index < -0.39 is 141 Å². The zero-order valence-electron chi connectivity index (χ0n) is 69.7. The maximum Gasteiger partial charge on any atom is 0.295 e. The maximum absolute atomic E-state index is 14.7. The molecular weight excluding hydrogens is 2410 g/mol. The highest BCUT2D eigenvalue weighted by Crippen LogP contribution is 2.37. The topological polar surface area (TPSA) is 516 Å². The average molecular weight is 2480 g/mol. The van der Waals surface area contributed by atoms with Gasteiger partial charge in [0, 0.05) is 84.7 Å². The zero-order chi connectivity index (χ0) is 98.5. The maximum atomic E-state index is 14.7. The largest absolute Gasteiger partial charge is 0.446 e. The second kappa shape index (κ2) is 49.6. The number of amides is 5. The van der Waals surface area contributed by atoms with Crippen molar-refractivity contribution >= 4 is 221 Å². The number of aromatic nitrogens is 5. The predicted molar refractivity (Wildman–Crippen MR) is 516 cm³/mol. The second-order valence-corrected chi connectivity index (χ2v) is 35.6. The summed E-state index contributed by atoms with van der Waals surface area (Å²) in [5.74, 6) is -10.7. The molecule has 5 amide bonds. The van der Waals surface area contributed by atoms with Crippen LogP contribution in [0.2, 0.25) is 0 Å². The number of nitrogens with one attached hydrogen (secondary N) is 10. The Hall–Kier alpha value is -10.7. The molecule has 722 valence electrons. The number of rotatable bonds is 32. The summed E-state index contributed by atoms with van der Waals surface area (Å²) in [6.45, 7) is -1.90. The Kier molecular flexibility index (Phi) is 38.5. The van der Waals surface area contributed by atoms with Crippen molar-refractivity contribution in [1.29, 1.82) is 0 Å². The van der Waals surface area contributed by atoms with Crippen molar-refractivity contribution < 1.29 is 123 Å². The van der Waals surface area contributed by atoms with Crippen LogP contribution < -0.4 is 81.8 Å². The molecule has 2 atom stereocenters. The molecule has 3 aliphatic rings. The second-order valence-electron chi connectivity index (χ2n) is 28.5. The van der Waals surface area contributed by atoms with Crippen LogP contribution in [0.15, 0.2) is 156 Å². The first kappa shape index (κ1) is 106. The van der Waals surface area contributed by atoms with Crippen LogP contribution in [0.5, 0.6) is 0 Å². The number of aliphatic hydroxyl groups is 7. The van der Waals surface area contributed by atoms with Gasteiger partial charge in [0.2, 0.25) is 23.2 Å². The van der Waals surface area contributed by atoms with Crippen molar-refractivity contribution in [1.82, 2.24) is 49.9 Å². The molecule has 0 bridgehead atoms. The van der Waals surface area contributed by atoms with Crippen molar-refractivity contribution in [2.75, 3.05) is 92.7 Å². The Morgan fingerprint density at radius 2 is 0.728 bits per heavy atom. The lowest BCUT2D eigenvalue weighted by molar-refractivity contribution is -0.0296. The number of oxazole rings is 1. The number of thiazole rings is 1. The number of hydrogen-bond donors (Lipinski definition) is 17. The molecule has 38 nitrogen and oxygen atoms in total. The molecule has 12 aromatic rings. The van der Waals surface area contributed by atoms with Gasteiger partial charge in [-0.05, 0) is 230 Å². The molecule has 5 aromatic carbocycles. The molecule has 0 radical (unpaired) electrons. The number of carbonyl (C=O) groups excluding carboxylic acids is 5. The SMILES string of the molecule is O=C(NOCCO)c1c(Nc2ccc(I)cc2F)c(F)c(=O)n2c1CC2.O=C(NOCCO)c1c(Nc2ccc(I)cc2F)c(F)c(=O)n2ccoc12.O=C(NOCCO)c1c(Nc2ccc(I)cc2F)c(F)c(=O)n2ccsc12.O=C(NOC[C@@H](O)CO)c1c(Nc2ccc(I)cc2F)cc(=O)n2c1CCC2.O=C(NOC[C@H](O)CO)c1c(Nc2ccc(I)cc2F)cc(=O)n2c1CCC2. The summed E-state index contributed by atoms with van der Waals surface area (Å²) in [6, 6.07) is 24.1. The average Bonchev–Trinajstić information content (AvgIpc) is 1.41. The molecule has 0 aliphatic carbocycles. The summed E-state index contributed by atoms with van der Waals surface area (Å²) in [5, 5.41) is 77.0. The Morgan fingerprint density at radius 1 is 0.390 bits per heavy atom. The quantitative estimate of drug-likeness (QED) is 0.00808. The van der Waals surface area contributed by atoms with Gasteiger partial charge in [-0.15, -0.1) is 11.3 Å². The normalized spacial score (nSPS) is 12.4. The highest BCUT2D eigenvalue weighted by atomic mass is 127. The lowest BCUT2D eigenvalue weighted by Crippen LogP contribution is -2.40. The molecule has 15 rings (SSSR count). The Morgan fingerprint density at radius 3 is 1.10 bits per heavy atom. The number of benzene rings is 5. The Bertz CT molecular complexity index is 6500. The molecule has 0 saturated heterocycles. The number of fused-ring (bicyclic) bond motifs is 5. The number of anilines is 10. The molecule has 136 heavy (non-hydrogen) atoms. The lowest BCUT2D eigenvalue weighted by Gasteiger charge is -2.27. The number of aliphatic hydroxyl groups excluding tert-OH is 7. The third kappa shape index (κ3) is 26.0. The number of pyridine rings is 5. The van der Waals surface area contributed by atoms with Gasteiger partial charge in [0.15, 0.2) is 0 Å². The standard InChI is InChI=1S/2C18H19FIN3O5.C16H12F2IN3O5.C16H12F2IN3O4S.C16H14F2IN3O4/c2*19-12-6-10(20)3-4-13(12)21-14-7-16(26)23-5-1-2-15(23)17(14)18(27)22-28-9-11(25)8-24;17-9-7-8(19)1-2-10(9)20-13-11(14(24)21-27-6-4-23)16-22(3-5-26-16)15(25)12(13)18;17-9-7-8(19)1-2-10(9)20-13-11(14(24)21-26-5-4-23)16-22(3-6-27-16)15(25)12(13)18;17-9-7-8(19)1-2-10(9)20-14-12(15(24)21-26-6-5-23)11-3-4-22(11)16(25)13(14)18/h2*3-4,6-7,11,21,24-25H,1-2,5,8-9H2,(H,22,27);1-3,5,7,20,23H,4,6H2,(H,21,24);1-3,6-7,20,23H,4-5H2,(H,21,24);1-2,7,20,23H,3-6H2,(H,21,24)/t2*11-;;;/m10.../s1. The van der Waals surface area contributed by atoms with Crippen LogP contribution in [-0.4, -0.2) is 166 Å². The van der Waals surface area contributed by atoms with Gasteiger partial charge in [0.1, 0.15) is 76.7 Å². The summed E-state index contributed by atoms with van der Waals surface area (Å²) < 4.78 is 129. The lowest BCUT2D eigenvalue weighted by atomic mass is 10.0. The van der Waals surface area contributed by atoms with Gasteiger partial charge in [-0.2, -0.15) is 13.2 Å². The number of carbonyl (C=O) groups is 5. The Labute approximate surface area is 832 Å². The van der Waals surface area contributed by atoms with Gasteiger partial charge in [-0.3, -0.25) is 76.5 Å². The number of hydroxylamine groups is 5. The minimum Gasteiger partial charge on any atom is -0.446 e. The van der Waals surface area contributed by atoms with Gasteiger partial charge in [-0.1, -0.05) is 0 Å². The Balaban J connectivity index is 0.000000163. The van der Waals surface area contributed by atoms with Crippen LogP contribution in [0.25, 0.3) is 10.5 Å². The summed E-state index contributed by atoms with van der Waals surface area (Å²) in [7, 11) is 0. The molecule has 7 aromatic heterocycles. The van der Waals surface area contributed by atoms with Gasteiger partial charge in [-0.25, -0.2) is 53.8 Å². The van der Waals surface area contributed by atoms with Crippen molar-refractivity contribution in [3.8, 4) is 0 Å². The van der Waals surface area contributed by atoms with E-state index in [0.717, 1.165) is 37.2 Å². The van der Waals surface area contributed by atoms with Gasteiger partial charge in [0.25, 0.3) is 57.3 Å².